The molecule has 3 N–H and O–H groups in total. The van der Waals surface area contributed by atoms with E-state index in [4.69, 9.17) is 10.5 Å². The molecule has 2 aromatic heterocycles. The van der Waals surface area contributed by atoms with Gasteiger partial charge in [0.2, 0.25) is 0 Å². The first-order valence-corrected chi connectivity index (χ1v) is 14.4. The maximum Gasteiger partial charge on any atom is 0.251 e. The highest BCUT2D eigenvalue weighted by Crippen LogP contribution is 2.37. The Hall–Kier alpha value is -3.06. The van der Waals surface area contributed by atoms with Crippen LogP contribution >= 0.6 is 11.3 Å². The quantitative estimate of drug-likeness (QED) is 0.473. The Morgan fingerprint density at radius 2 is 1.81 bits per heavy atom. The number of amides is 1. The number of ether oxygens (including phenoxy) is 1. The van der Waals surface area contributed by atoms with Crippen molar-refractivity contribution in [2.24, 2.45) is 5.73 Å². The van der Waals surface area contributed by atoms with E-state index in [0.717, 1.165) is 29.2 Å². The maximum atomic E-state index is 12.2. The number of rotatable bonds is 7. The van der Waals surface area contributed by atoms with Gasteiger partial charge in [-0.25, -0.2) is 18.4 Å². The Morgan fingerprint density at radius 1 is 1.08 bits per heavy atom. The summed E-state index contributed by atoms with van der Waals surface area (Å²) in [4.78, 5) is 26.4. The SMILES string of the molecule is NC(=O)c1cc(-c2ccc(N3CCS(=O)(=O)CC3)cc2)sc1Nc1ccnc(CN2CCOCC2)n1. The first-order valence-electron chi connectivity index (χ1n) is 11.7. The van der Waals surface area contributed by atoms with Crippen molar-refractivity contribution in [2.45, 2.75) is 6.54 Å². The van der Waals surface area contributed by atoms with E-state index in [0.29, 0.717) is 55.1 Å². The second-order valence-electron chi connectivity index (χ2n) is 8.78. The van der Waals surface area contributed by atoms with E-state index in [1.165, 1.54) is 11.3 Å². The average molecular weight is 529 g/mol. The van der Waals surface area contributed by atoms with Crippen molar-refractivity contribution < 1.29 is 17.9 Å². The van der Waals surface area contributed by atoms with Gasteiger partial charge >= 0.3 is 0 Å². The second kappa shape index (κ2) is 10.5. The van der Waals surface area contributed by atoms with Crippen LogP contribution in [0.1, 0.15) is 16.2 Å². The third-order valence-electron chi connectivity index (χ3n) is 6.27. The van der Waals surface area contributed by atoms with Crippen LogP contribution < -0.4 is 16.0 Å². The van der Waals surface area contributed by atoms with Gasteiger partial charge in [0.05, 0.1) is 36.8 Å². The molecule has 12 heteroatoms. The van der Waals surface area contributed by atoms with E-state index >= 15 is 0 Å². The average Bonchev–Trinajstić information content (AvgIpc) is 3.29. The number of carbonyl (C=O) groups excluding carboxylic acids is 1. The third-order valence-corrected chi connectivity index (χ3v) is 8.98. The van der Waals surface area contributed by atoms with Crippen LogP contribution in [0.4, 0.5) is 16.5 Å². The van der Waals surface area contributed by atoms with Gasteiger partial charge in [-0.15, -0.1) is 11.3 Å². The zero-order valence-electron chi connectivity index (χ0n) is 19.7. The molecule has 2 aliphatic heterocycles. The molecule has 0 atom stereocenters. The Balaban J connectivity index is 1.32. The Bertz CT molecular complexity index is 1320. The van der Waals surface area contributed by atoms with Crippen LogP contribution in [0.15, 0.2) is 42.6 Å². The molecule has 36 heavy (non-hydrogen) atoms. The van der Waals surface area contributed by atoms with E-state index in [1.54, 1.807) is 18.3 Å². The fourth-order valence-electron chi connectivity index (χ4n) is 4.24. The van der Waals surface area contributed by atoms with Gasteiger partial charge in [-0.2, -0.15) is 0 Å². The minimum Gasteiger partial charge on any atom is -0.379 e. The Kier molecular flexibility index (Phi) is 7.19. The monoisotopic (exact) mass is 528 g/mol. The molecule has 5 rings (SSSR count). The lowest BCUT2D eigenvalue weighted by Crippen LogP contribution is -2.40. The van der Waals surface area contributed by atoms with Crippen molar-refractivity contribution in [3.8, 4) is 10.4 Å². The fourth-order valence-corrected chi connectivity index (χ4v) is 6.51. The van der Waals surface area contributed by atoms with Gasteiger partial charge in [0, 0.05) is 42.9 Å². The van der Waals surface area contributed by atoms with Crippen LogP contribution in [-0.4, -0.2) is 80.1 Å². The summed E-state index contributed by atoms with van der Waals surface area (Å²) in [5, 5.41) is 3.87. The molecule has 0 saturated carbocycles. The molecular weight excluding hydrogens is 500 g/mol. The number of primary amides is 1. The minimum atomic E-state index is -2.93. The first kappa shape index (κ1) is 24.6. The minimum absolute atomic E-state index is 0.174. The number of nitrogens with two attached hydrogens (primary N) is 1. The summed E-state index contributed by atoms with van der Waals surface area (Å²) in [5.74, 6) is 1.12. The zero-order chi connectivity index (χ0) is 25.1. The van der Waals surface area contributed by atoms with Crippen molar-refractivity contribution in [1.82, 2.24) is 14.9 Å². The zero-order valence-corrected chi connectivity index (χ0v) is 21.4. The van der Waals surface area contributed by atoms with Gasteiger partial charge < -0.3 is 20.7 Å². The summed E-state index contributed by atoms with van der Waals surface area (Å²) in [6.45, 7) is 4.72. The number of hydrogen-bond donors (Lipinski definition) is 2. The Labute approximate surface area is 214 Å². The highest BCUT2D eigenvalue weighted by atomic mass is 32.2. The predicted molar refractivity (Wildman–Crippen MR) is 141 cm³/mol. The fraction of sp³-hybridized carbons (Fsp3) is 0.375. The number of hydrogen-bond acceptors (Lipinski definition) is 10. The molecule has 190 valence electrons. The molecule has 0 spiro atoms. The number of nitrogens with one attached hydrogen (secondary N) is 1. The topological polar surface area (TPSA) is 131 Å². The first-order chi connectivity index (χ1) is 17.4. The van der Waals surface area contributed by atoms with Gasteiger partial charge in [-0.3, -0.25) is 9.69 Å². The van der Waals surface area contributed by atoms with Crippen LogP contribution in [0.5, 0.6) is 0 Å². The van der Waals surface area contributed by atoms with Gasteiger partial charge in [-0.1, -0.05) is 12.1 Å². The molecular formula is C24H28N6O4S2. The molecule has 2 fully saturated rings. The number of anilines is 3. The lowest BCUT2D eigenvalue weighted by Gasteiger charge is -2.28. The summed E-state index contributed by atoms with van der Waals surface area (Å²) in [7, 11) is -2.93. The van der Waals surface area contributed by atoms with Gasteiger partial charge in [0.25, 0.3) is 5.91 Å². The van der Waals surface area contributed by atoms with Crippen LogP contribution in [0.25, 0.3) is 10.4 Å². The van der Waals surface area contributed by atoms with Crippen molar-refractivity contribution in [1.29, 1.82) is 0 Å². The Morgan fingerprint density at radius 3 is 2.50 bits per heavy atom. The van der Waals surface area contributed by atoms with Gasteiger partial charge in [-0.05, 0) is 29.8 Å². The molecule has 10 nitrogen and oxygen atoms in total. The number of aromatic nitrogens is 2. The second-order valence-corrected chi connectivity index (χ2v) is 12.1. The molecule has 1 amide bonds. The van der Waals surface area contributed by atoms with Crippen molar-refractivity contribution in [2.75, 3.05) is 61.1 Å². The van der Waals surface area contributed by atoms with E-state index < -0.39 is 15.7 Å². The van der Waals surface area contributed by atoms with Crippen molar-refractivity contribution in [3.05, 3.63) is 54.0 Å². The smallest absolute Gasteiger partial charge is 0.251 e. The number of thiophene rings is 1. The standard InChI is InChI=1S/C24H28N6O4S2/c25-23(31)19-15-20(17-1-3-18(4-2-17)30-9-13-36(32,33)14-10-30)35-24(19)28-21-5-6-26-22(27-21)16-29-7-11-34-12-8-29/h1-6,15H,7-14,16H2,(H2,25,31)(H,26,27,28). The van der Waals surface area contributed by atoms with Gasteiger partial charge in [0.15, 0.2) is 9.84 Å². The normalized spacial score (nSPS) is 18.2. The van der Waals surface area contributed by atoms with Gasteiger partial charge in [0.1, 0.15) is 16.6 Å². The predicted octanol–water partition coefficient (Wildman–Crippen LogP) is 2.11. The summed E-state index contributed by atoms with van der Waals surface area (Å²) in [5.41, 5.74) is 8.00. The summed E-state index contributed by atoms with van der Waals surface area (Å²) >= 11 is 1.43. The molecule has 3 aromatic rings. The largest absolute Gasteiger partial charge is 0.379 e. The summed E-state index contributed by atoms with van der Waals surface area (Å²) in [6.07, 6.45) is 1.70. The number of sulfone groups is 1. The van der Waals surface area contributed by atoms with Crippen LogP contribution in [0.2, 0.25) is 0 Å². The highest BCUT2D eigenvalue weighted by Gasteiger charge is 2.22. The summed E-state index contributed by atoms with van der Waals surface area (Å²) in [6, 6.07) is 11.5. The van der Waals surface area contributed by atoms with E-state index in [9.17, 15) is 13.2 Å². The van der Waals surface area contributed by atoms with E-state index in [2.05, 4.69) is 25.1 Å². The lowest BCUT2D eigenvalue weighted by molar-refractivity contribution is 0.0331. The molecule has 2 aliphatic rings. The van der Waals surface area contributed by atoms with Crippen LogP contribution in [-0.2, 0) is 21.1 Å². The molecule has 1 aromatic carbocycles. The van der Waals surface area contributed by atoms with Crippen LogP contribution in [0.3, 0.4) is 0 Å². The molecule has 0 aliphatic carbocycles. The summed E-state index contributed by atoms with van der Waals surface area (Å²) < 4.78 is 28.8. The number of nitrogens with zero attached hydrogens (tertiary/aromatic N) is 4. The molecule has 4 heterocycles. The number of benzene rings is 1. The van der Waals surface area contributed by atoms with E-state index in [1.807, 2.05) is 24.3 Å². The maximum absolute atomic E-state index is 12.2. The number of morpholine rings is 1. The molecule has 2 saturated heterocycles. The molecule has 0 unspecified atom stereocenters. The lowest BCUT2D eigenvalue weighted by atomic mass is 10.1. The van der Waals surface area contributed by atoms with Crippen molar-refractivity contribution >= 4 is 43.6 Å². The molecule has 0 radical (unpaired) electrons. The third kappa shape index (κ3) is 5.84. The number of carbonyl (C=O) groups is 1. The molecule has 0 bridgehead atoms. The van der Waals surface area contributed by atoms with Crippen LogP contribution in [0, 0.1) is 0 Å². The highest BCUT2D eigenvalue weighted by molar-refractivity contribution is 7.91. The van der Waals surface area contributed by atoms with Crippen molar-refractivity contribution in [3.63, 3.8) is 0 Å². The van der Waals surface area contributed by atoms with E-state index in [-0.39, 0.29) is 11.5 Å².